The predicted molar refractivity (Wildman–Crippen MR) is 31.5 cm³/mol. The standard InChI is InChI=1S/C7H12O/c8-7-4-2-1-3-6(7)5-7/h6,8H,1-5H2. The molecule has 0 saturated heterocycles. The molecule has 0 radical (unpaired) electrons. The molecule has 2 atom stereocenters. The van der Waals surface area contributed by atoms with Gasteiger partial charge in [0, 0.05) is 0 Å². The summed E-state index contributed by atoms with van der Waals surface area (Å²) in [6.07, 6.45) is 6.08. The maximum atomic E-state index is 9.45. The van der Waals surface area contributed by atoms with E-state index in [0.717, 1.165) is 12.8 Å². The maximum Gasteiger partial charge on any atom is 0.0680 e. The summed E-state index contributed by atoms with van der Waals surface area (Å²) >= 11 is 0. The summed E-state index contributed by atoms with van der Waals surface area (Å²) in [4.78, 5) is 0. The minimum atomic E-state index is -0.155. The third-order valence-corrected chi connectivity index (χ3v) is 2.61. The van der Waals surface area contributed by atoms with E-state index in [1.807, 2.05) is 0 Å². The Morgan fingerprint density at radius 2 is 2.25 bits per heavy atom. The molecule has 0 aliphatic heterocycles. The van der Waals surface area contributed by atoms with Gasteiger partial charge in [-0.1, -0.05) is 12.8 Å². The summed E-state index contributed by atoms with van der Waals surface area (Å²) in [5, 5.41) is 9.45. The van der Waals surface area contributed by atoms with Gasteiger partial charge in [0.25, 0.3) is 0 Å². The van der Waals surface area contributed by atoms with Gasteiger partial charge in [0.2, 0.25) is 0 Å². The van der Waals surface area contributed by atoms with Crippen molar-refractivity contribution < 1.29 is 5.11 Å². The molecule has 0 aromatic carbocycles. The fraction of sp³-hybridized carbons (Fsp3) is 1.00. The van der Waals surface area contributed by atoms with Crippen molar-refractivity contribution >= 4 is 0 Å². The van der Waals surface area contributed by atoms with Crippen molar-refractivity contribution in [3.8, 4) is 0 Å². The van der Waals surface area contributed by atoms with E-state index in [1.165, 1.54) is 19.3 Å². The highest BCUT2D eigenvalue weighted by Crippen LogP contribution is 2.53. The molecule has 2 unspecified atom stereocenters. The zero-order valence-corrected chi connectivity index (χ0v) is 5.06. The molecule has 0 aromatic rings. The minimum Gasteiger partial charge on any atom is -0.390 e. The largest absolute Gasteiger partial charge is 0.390 e. The van der Waals surface area contributed by atoms with Crippen molar-refractivity contribution in [2.24, 2.45) is 5.92 Å². The van der Waals surface area contributed by atoms with Crippen LogP contribution in [0.2, 0.25) is 0 Å². The predicted octanol–water partition coefficient (Wildman–Crippen LogP) is 1.31. The van der Waals surface area contributed by atoms with E-state index in [4.69, 9.17) is 0 Å². The first-order valence-electron chi connectivity index (χ1n) is 3.54. The molecule has 1 nitrogen and oxygen atoms in total. The van der Waals surface area contributed by atoms with Crippen LogP contribution in [0.4, 0.5) is 0 Å². The summed E-state index contributed by atoms with van der Waals surface area (Å²) in [5.41, 5.74) is -0.155. The molecule has 1 N–H and O–H groups in total. The van der Waals surface area contributed by atoms with Crippen LogP contribution in [0.25, 0.3) is 0 Å². The lowest BCUT2D eigenvalue weighted by Gasteiger charge is -2.14. The van der Waals surface area contributed by atoms with Gasteiger partial charge in [0.1, 0.15) is 0 Å². The lowest BCUT2D eigenvalue weighted by atomic mass is 9.98. The van der Waals surface area contributed by atoms with Crippen molar-refractivity contribution in [2.75, 3.05) is 0 Å². The highest BCUT2D eigenvalue weighted by Gasteiger charge is 2.53. The van der Waals surface area contributed by atoms with Crippen LogP contribution in [0.1, 0.15) is 32.1 Å². The average Bonchev–Trinajstić information content (AvgIpc) is 2.39. The second kappa shape index (κ2) is 1.27. The van der Waals surface area contributed by atoms with Crippen LogP contribution < -0.4 is 0 Å². The Morgan fingerprint density at radius 3 is 2.75 bits per heavy atom. The minimum absolute atomic E-state index is 0.155. The first-order valence-corrected chi connectivity index (χ1v) is 3.54. The van der Waals surface area contributed by atoms with Gasteiger partial charge < -0.3 is 5.11 Å². The molecule has 2 aliphatic rings. The Hall–Kier alpha value is -0.0400. The summed E-state index contributed by atoms with van der Waals surface area (Å²) in [6.45, 7) is 0. The van der Waals surface area contributed by atoms with Gasteiger partial charge in [-0.2, -0.15) is 0 Å². The molecule has 1 heteroatoms. The fourth-order valence-corrected chi connectivity index (χ4v) is 1.87. The lowest BCUT2D eigenvalue weighted by Crippen LogP contribution is -2.14. The molecule has 2 aliphatic carbocycles. The Kier molecular flexibility index (Phi) is 0.762. The van der Waals surface area contributed by atoms with Gasteiger partial charge in [-0.25, -0.2) is 0 Å². The SMILES string of the molecule is OC12CCCCC1C2. The molecule has 0 amide bonds. The lowest BCUT2D eigenvalue weighted by molar-refractivity contribution is 0.102. The Morgan fingerprint density at radius 1 is 1.38 bits per heavy atom. The van der Waals surface area contributed by atoms with Crippen LogP contribution in [0.3, 0.4) is 0 Å². The van der Waals surface area contributed by atoms with Crippen LogP contribution in [0, 0.1) is 5.92 Å². The Bertz CT molecular complexity index is 109. The van der Waals surface area contributed by atoms with Crippen LogP contribution in [-0.2, 0) is 0 Å². The summed E-state index contributed by atoms with van der Waals surface area (Å²) in [6, 6.07) is 0. The second-order valence-electron chi connectivity index (χ2n) is 3.25. The van der Waals surface area contributed by atoms with Gasteiger partial charge in [-0.15, -0.1) is 0 Å². The van der Waals surface area contributed by atoms with Gasteiger partial charge in [0.15, 0.2) is 0 Å². The summed E-state index contributed by atoms with van der Waals surface area (Å²) in [7, 11) is 0. The highest BCUT2D eigenvalue weighted by atomic mass is 16.3. The highest BCUT2D eigenvalue weighted by molar-refractivity contribution is 5.05. The number of fused-ring (bicyclic) bond motifs is 1. The summed E-state index contributed by atoms with van der Waals surface area (Å²) in [5.74, 6) is 0.705. The van der Waals surface area contributed by atoms with E-state index >= 15 is 0 Å². The third kappa shape index (κ3) is 0.510. The molecular weight excluding hydrogens is 100 g/mol. The van der Waals surface area contributed by atoms with Gasteiger partial charge in [-0.3, -0.25) is 0 Å². The van der Waals surface area contributed by atoms with E-state index in [1.54, 1.807) is 0 Å². The zero-order valence-electron chi connectivity index (χ0n) is 5.06. The number of hydrogen-bond acceptors (Lipinski definition) is 1. The van der Waals surface area contributed by atoms with Crippen molar-refractivity contribution in [1.29, 1.82) is 0 Å². The van der Waals surface area contributed by atoms with E-state index in [0.29, 0.717) is 5.92 Å². The zero-order chi connectivity index (χ0) is 5.61. The smallest absolute Gasteiger partial charge is 0.0680 e. The molecule has 2 saturated carbocycles. The average molecular weight is 112 g/mol. The Labute approximate surface area is 49.7 Å². The quantitative estimate of drug-likeness (QED) is 0.501. The number of hydrogen-bond donors (Lipinski definition) is 1. The molecular formula is C7H12O. The molecule has 0 heterocycles. The van der Waals surface area contributed by atoms with Crippen LogP contribution in [-0.4, -0.2) is 10.7 Å². The van der Waals surface area contributed by atoms with Crippen LogP contribution in [0.15, 0.2) is 0 Å². The van der Waals surface area contributed by atoms with Crippen molar-refractivity contribution in [2.45, 2.75) is 37.7 Å². The van der Waals surface area contributed by atoms with Crippen LogP contribution >= 0.6 is 0 Å². The molecule has 0 aromatic heterocycles. The Balaban J connectivity index is 2.04. The van der Waals surface area contributed by atoms with Gasteiger partial charge in [0.05, 0.1) is 5.60 Å². The third-order valence-electron chi connectivity index (χ3n) is 2.61. The van der Waals surface area contributed by atoms with E-state index in [9.17, 15) is 5.11 Å². The fourth-order valence-electron chi connectivity index (χ4n) is 1.87. The van der Waals surface area contributed by atoms with Crippen molar-refractivity contribution in [3.63, 3.8) is 0 Å². The van der Waals surface area contributed by atoms with Gasteiger partial charge >= 0.3 is 0 Å². The van der Waals surface area contributed by atoms with Crippen molar-refractivity contribution in [1.82, 2.24) is 0 Å². The van der Waals surface area contributed by atoms with Crippen molar-refractivity contribution in [3.05, 3.63) is 0 Å². The normalized spacial score (nSPS) is 52.9. The molecule has 0 spiro atoms. The van der Waals surface area contributed by atoms with E-state index < -0.39 is 0 Å². The molecule has 8 heavy (non-hydrogen) atoms. The van der Waals surface area contributed by atoms with E-state index in [2.05, 4.69) is 0 Å². The first kappa shape index (κ1) is 4.80. The molecule has 2 rings (SSSR count). The number of rotatable bonds is 0. The maximum absolute atomic E-state index is 9.45. The van der Waals surface area contributed by atoms with E-state index in [-0.39, 0.29) is 5.60 Å². The first-order chi connectivity index (χ1) is 3.81. The topological polar surface area (TPSA) is 20.2 Å². The second-order valence-corrected chi connectivity index (χ2v) is 3.25. The van der Waals surface area contributed by atoms with Gasteiger partial charge in [-0.05, 0) is 25.2 Å². The summed E-state index contributed by atoms with van der Waals surface area (Å²) < 4.78 is 0. The van der Waals surface area contributed by atoms with Crippen LogP contribution in [0.5, 0.6) is 0 Å². The molecule has 2 fully saturated rings. The molecule has 46 valence electrons. The number of aliphatic hydroxyl groups is 1. The monoisotopic (exact) mass is 112 g/mol. The molecule has 0 bridgehead atoms.